The summed E-state index contributed by atoms with van der Waals surface area (Å²) in [6.07, 6.45) is 0.00513. The van der Waals surface area contributed by atoms with Gasteiger partial charge in [-0.25, -0.2) is 0 Å². The minimum absolute atomic E-state index is 0.00513. The fourth-order valence-corrected chi connectivity index (χ4v) is 2.68. The van der Waals surface area contributed by atoms with E-state index in [1.54, 1.807) is 36.4 Å². The van der Waals surface area contributed by atoms with E-state index in [2.05, 4.69) is 5.32 Å². The van der Waals surface area contributed by atoms with Gasteiger partial charge in [-0.1, -0.05) is 6.07 Å². The van der Waals surface area contributed by atoms with Crippen LogP contribution in [0.5, 0.6) is 23.0 Å². The van der Waals surface area contributed by atoms with E-state index >= 15 is 0 Å². The molecule has 162 valence electrons. The molecular weight excluding hydrogens is 390 g/mol. The number of hydrogen-bond donors (Lipinski definition) is 1. The Morgan fingerprint density at radius 2 is 1.50 bits per heavy atom. The first-order valence-corrected chi connectivity index (χ1v) is 9.56. The molecule has 0 aliphatic rings. The van der Waals surface area contributed by atoms with Gasteiger partial charge in [0.2, 0.25) is 0 Å². The van der Waals surface area contributed by atoms with Crippen molar-refractivity contribution in [2.75, 3.05) is 39.4 Å². The summed E-state index contributed by atoms with van der Waals surface area (Å²) in [7, 11) is 3.05. The summed E-state index contributed by atoms with van der Waals surface area (Å²) in [6.45, 7) is 4.30. The topological polar surface area (TPSA) is 92.3 Å². The summed E-state index contributed by atoms with van der Waals surface area (Å²) in [4.78, 5) is 24.2. The van der Waals surface area contributed by atoms with Crippen LogP contribution in [0.15, 0.2) is 36.4 Å². The largest absolute Gasteiger partial charge is 0.493 e. The van der Waals surface area contributed by atoms with Crippen LogP contribution in [-0.2, 0) is 20.7 Å². The molecule has 0 radical (unpaired) electrons. The van der Waals surface area contributed by atoms with E-state index in [-0.39, 0.29) is 6.42 Å². The van der Waals surface area contributed by atoms with E-state index in [4.69, 9.17) is 23.7 Å². The number of benzene rings is 2. The van der Waals surface area contributed by atoms with Crippen molar-refractivity contribution in [3.63, 3.8) is 0 Å². The highest BCUT2D eigenvalue weighted by atomic mass is 16.5. The van der Waals surface area contributed by atoms with Gasteiger partial charge in [-0.15, -0.1) is 0 Å². The highest BCUT2D eigenvalue weighted by Crippen LogP contribution is 2.30. The van der Waals surface area contributed by atoms with Crippen LogP contribution in [0.25, 0.3) is 0 Å². The van der Waals surface area contributed by atoms with Crippen LogP contribution in [0, 0.1) is 0 Å². The van der Waals surface area contributed by atoms with E-state index in [0.29, 0.717) is 47.5 Å². The molecule has 8 nitrogen and oxygen atoms in total. The number of nitrogens with one attached hydrogen (secondary N) is 1. The minimum atomic E-state index is -0.529. The van der Waals surface area contributed by atoms with Crippen molar-refractivity contribution < 1.29 is 33.3 Å². The second-order valence-electron chi connectivity index (χ2n) is 6.10. The Hall–Kier alpha value is -3.42. The Kier molecular flexibility index (Phi) is 8.80. The SMILES string of the molecule is CCOc1ccc(NC(=O)COC(=O)Cc2ccc(OC)c(OC)c2)cc1OCC. The van der Waals surface area contributed by atoms with Gasteiger partial charge in [-0.2, -0.15) is 0 Å². The van der Waals surface area contributed by atoms with Crippen LogP contribution in [0.2, 0.25) is 0 Å². The van der Waals surface area contributed by atoms with Crippen LogP contribution in [0.4, 0.5) is 5.69 Å². The molecule has 0 aliphatic heterocycles. The molecule has 0 aromatic heterocycles. The van der Waals surface area contributed by atoms with Gasteiger partial charge in [0.15, 0.2) is 29.6 Å². The number of anilines is 1. The van der Waals surface area contributed by atoms with Gasteiger partial charge < -0.3 is 29.0 Å². The number of methoxy groups -OCH3 is 2. The molecule has 0 aliphatic carbocycles. The van der Waals surface area contributed by atoms with Crippen molar-refractivity contribution >= 4 is 17.6 Å². The lowest BCUT2D eigenvalue weighted by atomic mass is 10.1. The fourth-order valence-electron chi connectivity index (χ4n) is 2.68. The molecule has 2 aromatic carbocycles. The van der Waals surface area contributed by atoms with Gasteiger partial charge in [-0.05, 0) is 43.7 Å². The smallest absolute Gasteiger partial charge is 0.310 e. The number of ether oxygens (including phenoxy) is 5. The van der Waals surface area contributed by atoms with Crippen LogP contribution >= 0.6 is 0 Å². The van der Waals surface area contributed by atoms with E-state index in [9.17, 15) is 9.59 Å². The van der Waals surface area contributed by atoms with Crippen molar-refractivity contribution in [2.45, 2.75) is 20.3 Å². The Morgan fingerprint density at radius 1 is 0.833 bits per heavy atom. The molecule has 0 bridgehead atoms. The van der Waals surface area contributed by atoms with E-state index in [1.165, 1.54) is 14.2 Å². The number of rotatable bonds is 11. The summed E-state index contributed by atoms with van der Waals surface area (Å²) >= 11 is 0. The maximum atomic E-state index is 12.1. The summed E-state index contributed by atoms with van der Waals surface area (Å²) in [5, 5.41) is 2.67. The lowest BCUT2D eigenvalue weighted by molar-refractivity contribution is -0.146. The molecule has 0 saturated heterocycles. The molecular formula is C22H27NO7. The molecule has 2 aromatic rings. The van der Waals surface area contributed by atoms with Crippen LogP contribution in [0.1, 0.15) is 19.4 Å². The predicted molar refractivity (Wildman–Crippen MR) is 112 cm³/mol. The zero-order valence-corrected chi connectivity index (χ0v) is 17.7. The summed E-state index contributed by atoms with van der Waals surface area (Å²) in [6, 6.07) is 10.2. The van der Waals surface area contributed by atoms with Crippen molar-refractivity contribution in [3.05, 3.63) is 42.0 Å². The quantitative estimate of drug-likeness (QED) is 0.561. The molecule has 2 rings (SSSR count). The van der Waals surface area contributed by atoms with Gasteiger partial charge in [-0.3, -0.25) is 9.59 Å². The highest BCUT2D eigenvalue weighted by molar-refractivity contribution is 5.93. The Bertz CT molecular complexity index is 867. The van der Waals surface area contributed by atoms with Crippen molar-refractivity contribution in [1.29, 1.82) is 0 Å². The first kappa shape index (κ1) is 22.9. The normalized spacial score (nSPS) is 10.1. The molecule has 0 saturated carbocycles. The lowest BCUT2D eigenvalue weighted by Gasteiger charge is -2.13. The molecule has 1 amide bonds. The molecule has 1 N–H and O–H groups in total. The minimum Gasteiger partial charge on any atom is -0.493 e. The standard InChI is InChI=1S/C22H27NO7/c1-5-28-18-10-8-16(13-20(18)29-6-2)23-21(24)14-30-22(25)12-15-7-9-17(26-3)19(11-15)27-4/h7-11,13H,5-6,12,14H2,1-4H3,(H,23,24). The predicted octanol–water partition coefficient (Wildman–Crippen LogP) is 3.23. The van der Waals surface area contributed by atoms with E-state index in [0.717, 1.165) is 0 Å². The fraction of sp³-hybridized carbons (Fsp3) is 0.364. The van der Waals surface area contributed by atoms with E-state index < -0.39 is 18.5 Å². The van der Waals surface area contributed by atoms with Gasteiger partial charge in [0, 0.05) is 11.8 Å². The lowest BCUT2D eigenvalue weighted by Crippen LogP contribution is -2.21. The number of amides is 1. The van der Waals surface area contributed by atoms with Crippen LogP contribution in [-0.4, -0.2) is 45.9 Å². The number of hydrogen-bond acceptors (Lipinski definition) is 7. The number of esters is 1. The average molecular weight is 417 g/mol. The zero-order valence-electron chi connectivity index (χ0n) is 17.7. The first-order chi connectivity index (χ1) is 14.5. The summed E-state index contributed by atoms with van der Waals surface area (Å²) in [5.41, 5.74) is 1.20. The van der Waals surface area contributed by atoms with Crippen LogP contribution < -0.4 is 24.3 Å². The summed E-state index contributed by atoms with van der Waals surface area (Å²) < 4.78 is 26.5. The molecule has 0 unspecified atom stereocenters. The molecule has 0 atom stereocenters. The van der Waals surface area contributed by atoms with Crippen molar-refractivity contribution in [2.24, 2.45) is 0 Å². The Morgan fingerprint density at radius 3 is 2.17 bits per heavy atom. The maximum Gasteiger partial charge on any atom is 0.310 e. The van der Waals surface area contributed by atoms with Gasteiger partial charge in [0.25, 0.3) is 5.91 Å². The maximum absolute atomic E-state index is 12.1. The third-order valence-electron chi connectivity index (χ3n) is 3.99. The van der Waals surface area contributed by atoms with E-state index in [1.807, 2.05) is 13.8 Å². The average Bonchev–Trinajstić information content (AvgIpc) is 2.74. The van der Waals surface area contributed by atoms with Crippen molar-refractivity contribution in [1.82, 2.24) is 0 Å². The molecule has 0 fully saturated rings. The number of carbonyl (C=O) groups is 2. The molecule has 0 heterocycles. The zero-order chi connectivity index (χ0) is 21.9. The number of carbonyl (C=O) groups excluding carboxylic acids is 2. The summed E-state index contributed by atoms with van der Waals surface area (Å²) in [5.74, 6) is 1.22. The monoisotopic (exact) mass is 417 g/mol. The highest BCUT2D eigenvalue weighted by Gasteiger charge is 2.13. The van der Waals surface area contributed by atoms with Crippen LogP contribution in [0.3, 0.4) is 0 Å². The van der Waals surface area contributed by atoms with Gasteiger partial charge in [0.1, 0.15) is 0 Å². The van der Waals surface area contributed by atoms with Gasteiger partial charge in [0.05, 0.1) is 33.9 Å². The molecule has 30 heavy (non-hydrogen) atoms. The second kappa shape index (κ2) is 11.5. The molecule has 8 heteroatoms. The van der Waals surface area contributed by atoms with Gasteiger partial charge >= 0.3 is 5.97 Å². The third-order valence-corrected chi connectivity index (χ3v) is 3.99. The van der Waals surface area contributed by atoms with Crippen molar-refractivity contribution in [3.8, 4) is 23.0 Å². The third kappa shape index (κ3) is 6.58. The molecule has 0 spiro atoms. The Balaban J connectivity index is 1.89. The Labute approximate surface area is 176 Å². The first-order valence-electron chi connectivity index (χ1n) is 9.56. The second-order valence-corrected chi connectivity index (χ2v) is 6.10.